The highest BCUT2D eigenvalue weighted by Crippen LogP contribution is 2.40. The average molecular weight is 550 g/mol. The Morgan fingerprint density at radius 2 is 1.72 bits per heavy atom. The van der Waals surface area contributed by atoms with Crippen LogP contribution >= 0.6 is 0 Å². The van der Waals surface area contributed by atoms with Gasteiger partial charge in [-0.25, -0.2) is 0 Å². The summed E-state index contributed by atoms with van der Waals surface area (Å²) in [6.07, 6.45) is 2.85. The number of hydrogen-bond donors (Lipinski definition) is 1. The lowest BCUT2D eigenvalue weighted by Crippen LogP contribution is -2.57. The number of hydrogen-bond acceptors (Lipinski definition) is 4. The van der Waals surface area contributed by atoms with Gasteiger partial charge in [0.2, 0.25) is 0 Å². The molecule has 1 aliphatic rings. The van der Waals surface area contributed by atoms with Gasteiger partial charge in [-0.05, 0) is 81.1 Å². The van der Waals surface area contributed by atoms with Gasteiger partial charge >= 0.3 is 0 Å². The molecule has 3 rings (SSSR count). The Balaban J connectivity index is 2.03. The molecular weight excluding hydrogens is 498 g/mol. The smallest absolute Gasteiger partial charge is 0.253 e. The van der Waals surface area contributed by atoms with Crippen molar-refractivity contribution in [2.24, 2.45) is 0 Å². The van der Waals surface area contributed by atoms with E-state index in [1.54, 1.807) is 0 Å². The third kappa shape index (κ3) is 7.29. The van der Waals surface area contributed by atoms with Gasteiger partial charge in [0.05, 0.1) is 6.04 Å². The van der Waals surface area contributed by atoms with Crippen LogP contribution in [-0.4, -0.2) is 78.5 Å². The number of piperazine rings is 1. The molecule has 1 heterocycles. The first-order chi connectivity index (χ1) is 18.3. The topological polar surface area (TPSA) is 47.0 Å². The maximum Gasteiger partial charge on any atom is 0.253 e. The monoisotopic (exact) mass is 549 g/mol. The molecule has 214 valence electrons. The first kappa shape index (κ1) is 31.3. The zero-order valence-corrected chi connectivity index (χ0v) is 26.6. The van der Waals surface area contributed by atoms with E-state index >= 15 is 0 Å². The van der Waals surface area contributed by atoms with Crippen molar-refractivity contribution in [3.8, 4) is 0 Å². The number of benzene rings is 2. The SMILES string of the molecule is C=CCN1C[C@H](C)N([C@@H](c2ccc(C(=O)N(CC)CC)cc2)c2cccc(CC(C)(C)[Si](C)(C)O)c2)C[C@H]1C. The van der Waals surface area contributed by atoms with Crippen molar-refractivity contribution in [3.63, 3.8) is 0 Å². The molecule has 1 fully saturated rings. The third-order valence-corrected chi connectivity index (χ3v) is 12.4. The Hall–Kier alpha value is -2.25. The Morgan fingerprint density at radius 1 is 1.08 bits per heavy atom. The first-order valence-electron chi connectivity index (χ1n) is 14.6. The molecule has 0 aromatic heterocycles. The first-order valence-corrected chi connectivity index (χ1v) is 17.6. The Morgan fingerprint density at radius 3 is 2.28 bits per heavy atom. The number of carbonyl (C=O) groups excluding carboxylic acids is 1. The van der Waals surface area contributed by atoms with Crippen molar-refractivity contribution >= 4 is 14.2 Å². The predicted molar refractivity (Wildman–Crippen MR) is 167 cm³/mol. The fourth-order valence-corrected chi connectivity index (χ4v) is 6.32. The molecule has 2 aromatic carbocycles. The van der Waals surface area contributed by atoms with E-state index < -0.39 is 8.32 Å². The van der Waals surface area contributed by atoms with E-state index in [1.807, 2.05) is 50.1 Å². The van der Waals surface area contributed by atoms with Crippen molar-refractivity contribution in [2.45, 2.75) is 84.2 Å². The molecule has 1 N–H and O–H groups in total. The lowest BCUT2D eigenvalue weighted by atomic mass is 9.90. The third-order valence-electron chi connectivity index (χ3n) is 8.95. The van der Waals surface area contributed by atoms with Crippen molar-refractivity contribution in [1.82, 2.24) is 14.7 Å². The molecule has 0 aliphatic carbocycles. The summed E-state index contributed by atoms with van der Waals surface area (Å²) in [7, 11) is -2.34. The summed E-state index contributed by atoms with van der Waals surface area (Å²) in [6.45, 7) is 25.3. The molecule has 0 unspecified atom stereocenters. The van der Waals surface area contributed by atoms with Crippen LogP contribution in [0, 0.1) is 0 Å². The van der Waals surface area contributed by atoms with Crippen LogP contribution in [0.3, 0.4) is 0 Å². The van der Waals surface area contributed by atoms with Gasteiger partial charge in [-0.15, -0.1) is 6.58 Å². The van der Waals surface area contributed by atoms with Crippen LogP contribution in [0.2, 0.25) is 18.1 Å². The van der Waals surface area contributed by atoms with Crippen molar-refractivity contribution in [3.05, 3.63) is 83.4 Å². The molecule has 0 spiro atoms. The summed E-state index contributed by atoms with van der Waals surface area (Å²) in [6, 6.07) is 18.1. The van der Waals surface area contributed by atoms with E-state index in [4.69, 9.17) is 0 Å². The van der Waals surface area contributed by atoms with Crippen LogP contribution in [0.1, 0.15) is 74.6 Å². The second-order valence-corrected chi connectivity index (χ2v) is 17.0. The molecule has 1 amide bonds. The molecular formula is C33H51N3O2Si. The molecule has 39 heavy (non-hydrogen) atoms. The zero-order chi connectivity index (χ0) is 29.0. The lowest BCUT2D eigenvalue weighted by molar-refractivity contribution is 0.0306. The molecule has 3 atom stereocenters. The van der Waals surface area contributed by atoms with Crippen molar-refractivity contribution in [1.29, 1.82) is 0 Å². The highest BCUT2D eigenvalue weighted by atomic mass is 28.4. The van der Waals surface area contributed by atoms with Crippen LogP contribution in [0.4, 0.5) is 0 Å². The van der Waals surface area contributed by atoms with Crippen molar-refractivity contribution in [2.75, 3.05) is 32.7 Å². The Bertz CT molecular complexity index is 1100. The summed E-state index contributed by atoms with van der Waals surface area (Å²) in [4.78, 5) is 30.9. The van der Waals surface area contributed by atoms with E-state index in [0.717, 1.165) is 31.6 Å². The van der Waals surface area contributed by atoms with Crippen LogP contribution in [-0.2, 0) is 6.42 Å². The van der Waals surface area contributed by atoms with Gasteiger partial charge in [0.1, 0.15) is 0 Å². The summed E-state index contributed by atoms with van der Waals surface area (Å²) in [5.74, 6) is 0.0862. The largest absolute Gasteiger partial charge is 0.432 e. The van der Waals surface area contributed by atoms with Crippen LogP contribution < -0.4 is 0 Å². The maximum atomic E-state index is 13.0. The van der Waals surface area contributed by atoms with E-state index in [-0.39, 0.29) is 17.0 Å². The normalized spacial score (nSPS) is 20.0. The minimum Gasteiger partial charge on any atom is -0.432 e. The highest BCUT2D eigenvalue weighted by molar-refractivity contribution is 6.72. The zero-order valence-electron chi connectivity index (χ0n) is 25.6. The summed E-state index contributed by atoms with van der Waals surface area (Å²) < 4.78 is 0. The van der Waals surface area contributed by atoms with E-state index in [1.165, 1.54) is 16.7 Å². The van der Waals surface area contributed by atoms with Gasteiger partial charge in [-0.1, -0.05) is 56.3 Å². The minimum absolute atomic E-state index is 0.0772. The fourth-order valence-electron chi connectivity index (χ4n) is 5.68. The number of carbonyl (C=O) groups is 1. The van der Waals surface area contributed by atoms with Gasteiger partial charge in [-0.2, -0.15) is 0 Å². The van der Waals surface area contributed by atoms with Gasteiger partial charge < -0.3 is 9.70 Å². The molecule has 1 saturated heterocycles. The average Bonchev–Trinajstić information content (AvgIpc) is 2.87. The Labute approximate surface area is 238 Å². The number of amides is 1. The van der Waals surface area contributed by atoms with Gasteiger partial charge in [0.15, 0.2) is 8.32 Å². The number of nitrogens with zero attached hydrogens (tertiary/aromatic N) is 3. The van der Waals surface area contributed by atoms with Crippen LogP contribution in [0.25, 0.3) is 0 Å². The molecule has 0 radical (unpaired) electrons. The van der Waals surface area contributed by atoms with Crippen LogP contribution in [0.5, 0.6) is 0 Å². The molecule has 1 aliphatic heterocycles. The van der Waals surface area contributed by atoms with E-state index in [2.05, 4.69) is 80.5 Å². The minimum atomic E-state index is -2.34. The maximum absolute atomic E-state index is 13.0. The molecule has 0 saturated carbocycles. The summed E-state index contributed by atoms with van der Waals surface area (Å²) >= 11 is 0. The second kappa shape index (κ2) is 12.9. The van der Waals surface area contributed by atoms with E-state index in [9.17, 15) is 9.59 Å². The molecule has 6 heteroatoms. The van der Waals surface area contributed by atoms with Gasteiger partial charge in [0.25, 0.3) is 5.91 Å². The molecule has 5 nitrogen and oxygen atoms in total. The van der Waals surface area contributed by atoms with Crippen LogP contribution in [0.15, 0.2) is 61.2 Å². The van der Waals surface area contributed by atoms with E-state index in [0.29, 0.717) is 25.2 Å². The number of rotatable bonds is 11. The Kier molecular flexibility index (Phi) is 10.4. The van der Waals surface area contributed by atoms with Gasteiger partial charge in [0, 0.05) is 50.4 Å². The highest BCUT2D eigenvalue weighted by Gasteiger charge is 2.38. The summed E-state index contributed by atoms with van der Waals surface area (Å²) in [5.41, 5.74) is 4.47. The second-order valence-electron chi connectivity index (χ2n) is 12.5. The molecule has 0 bridgehead atoms. The lowest BCUT2D eigenvalue weighted by Gasteiger charge is -2.47. The standard InChI is InChI=1S/C33H51N3O2Si/c1-10-20-35-23-26(5)36(24-25(35)4)31(28-16-18-29(19-17-28)32(37)34(11-2)12-3)30-15-13-14-27(21-30)22-33(6,7)39(8,9)38/h10,13-19,21,25-26,31,38H,1,11-12,20,22-24H2,2-9H3/t25-,26+,31+/m1/s1. The van der Waals surface area contributed by atoms with Crippen molar-refractivity contribution < 1.29 is 9.59 Å². The fraction of sp³-hybridized carbons (Fsp3) is 0.545. The van der Waals surface area contributed by atoms with Gasteiger partial charge in [-0.3, -0.25) is 14.6 Å². The molecule has 2 aromatic rings. The quantitative estimate of drug-likeness (QED) is 0.262. The predicted octanol–water partition coefficient (Wildman–Crippen LogP) is 6.36. The summed E-state index contributed by atoms with van der Waals surface area (Å²) in [5, 5.41) is -0.133.